The van der Waals surface area contributed by atoms with Gasteiger partial charge in [0.15, 0.2) is 0 Å². The van der Waals surface area contributed by atoms with Crippen molar-refractivity contribution in [2.24, 2.45) is 0 Å². The van der Waals surface area contributed by atoms with Gasteiger partial charge in [-0.05, 0) is 12.8 Å². The average molecular weight is 243 g/mol. The standard InChI is InChI=1S/C12H21NO4/c1-12(4-2-3-7-16-12)17-11(14)10-13-5-8-15-9-6-13/h2-10H2,1H3. The zero-order valence-electron chi connectivity index (χ0n) is 10.4. The molecule has 2 aliphatic rings. The van der Waals surface area contributed by atoms with Crippen LogP contribution in [-0.4, -0.2) is 56.1 Å². The molecule has 17 heavy (non-hydrogen) atoms. The SMILES string of the molecule is CC1(OC(=O)CN2CCOCC2)CCCCO1. The Morgan fingerprint density at radius 2 is 2.06 bits per heavy atom. The van der Waals surface area contributed by atoms with Gasteiger partial charge < -0.3 is 14.2 Å². The molecule has 0 aromatic rings. The van der Waals surface area contributed by atoms with Crippen LogP contribution < -0.4 is 0 Å². The molecule has 0 aromatic heterocycles. The molecule has 2 saturated heterocycles. The van der Waals surface area contributed by atoms with Crippen molar-refractivity contribution in [2.75, 3.05) is 39.5 Å². The van der Waals surface area contributed by atoms with Crippen LogP contribution in [0.15, 0.2) is 0 Å². The number of morpholine rings is 1. The number of esters is 1. The maximum atomic E-state index is 11.8. The molecule has 0 aliphatic carbocycles. The second-order valence-corrected chi connectivity index (χ2v) is 4.80. The van der Waals surface area contributed by atoms with Crippen LogP contribution >= 0.6 is 0 Å². The van der Waals surface area contributed by atoms with E-state index in [4.69, 9.17) is 14.2 Å². The van der Waals surface area contributed by atoms with Crippen LogP contribution in [0.4, 0.5) is 0 Å². The number of rotatable bonds is 3. The van der Waals surface area contributed by atoms with E-state index in [0.717, 1.165) is 32.4 Å². The van der Waals surface area contributed by atoms with Gasteiger partial charge in [-0.3, -0.25) is 9.69 Å². The number of ether oxygens (including phenoxy) is 3. The van der Waals surface area contributed by atoms with Crippen molar-refractivity contribution in [3.63, 3.8) is 0 Å². The highest BCUT2D eigenvalue weighted by Crippen LogP contribution is 2.25. The zero-order chi connectivity index (χ0) is 12.1. The van der Waals surface area contributed by atoms with Crippen LogP contribution in [0.2, 0.25) is 0 Å². The monoisotopic (exact) mass is 243 g/mol. The fourth-order valence-electron chi connectivity index (χ4n) is 2.20. The third-order valence-corrected chi connectivity index (χ3v) is 3.22. The van der Waals surface area contributed by atoms with Crippen molar-refractivity contribution in [2.45, 2.75) is 32.0 Å². The largest absolute Gasteiger partial charge is 0.432 e. The Kier molecular flexibility index (Phi) is 4.36. The normalized spacial score (nSPS) is 31.1. The molecule has 2 aliphatic heterocycles. The topological polar surface area (TPSA) is 48.0 Å². The molecule has 1 unspecified atom stereocenters. The van der Waals surface area contributed by atoms with Gasteiger partial charge in [-0.1, -0.05) is 0 Å². The van der Waals surface area contributed by atoms with Crippen LogP contribution in [0.1, 0.15) is 26.2 Å². The molecule has 0 N–H and O–H groups in total. The lowest BCUT2D eigenvalue weighted by atomic mass is 10.1. The van der Waals surface area contributed by atoms with Gasteiger partial charge in [0, 0.05) is 26.4 Å². The third-order valence-electron chi connectivity index (χ3n) is 3.22. The first kappa shape index (κ1) is 12.8. The Bertz CT molecular complexity index is 257. The number of carbonyl (C=O) groups is 1. The van der Waals surface area contributed by atoms with E-state index in [-0.39, 0.29) is 5.97 Å². The van der Waals surface area contributed by atoms with Crippen LogP contribution in [-0.2, 0) is 19.0 Å². The summed E-state index contributed by atoms with van der Waals surface area (Å²) in [6.07, 6.45) is 2.90. The molecule has 1 atom stereocenters. The molecule has 98 valence electrons. The summed E-state index contributed by atoms with van der Waals surface area (Å²) in [7, 11) is 0. The smallest absolute Gasteiger partial charge is 0.322 e. The van der Waals surface area contributed by atoms with Gasteiger partial charge in [0.2, 0.25) is 5.79 Å². The summed E-state index contributed by atoms with van der Waals surface area (Å²) in [6, 6.07) is 0. The van der Waals surface area contributed by atoms with Gasteiger partial charge in [-0.25, -0.2) is 0 Å². The first-order valence-corrected chi connectivity index (χ1v) is 6.34. The van der Waals surface area contributed by atoms with Gasteiger partial charge >= 0.3 is 5.97 Å². The van der Waals surface area contributed by atoms with Crippen molar-refractivity contribution in [1.29, 1.82) is 0 Å². The highest BCUT2D eigenvalue weighted by molar-refractivity contribution is 5.72. The Hall–Kier alpha value is -0.650. The Labute approximate surface area is 102 Å². The van der Waals surface area contributed by atoms with Gasteiger partial charge in [-0.2, -0.15) is 0 Å². The Morgan fingerprint density at radius 3 is 2.71 bits per heavy atom. The molecule has 0 radical (unpaired) electrons. The van der Waals surface area contributed by atoms with Gasteiger partial charge in [0.25, 0.3) is 0 Å². The second-order valence-electron chi connectivity index (χ2n) is 4.80. The van der Waals surface area contributed by atoms with E-state index >= 15 is 0 Å². The fourth-order valence-corrected chi connectivity index (χ4v) is 2.20. The lowest BCUT2D eigenvalue weighted by Gasteiger charge is -2.34. The van der Waals surface area contributed by atoms with Crippen molar-refractivity contribution in [3.8, 4) is 0 Å². The molecule has 0 amide bonds. The summed E-state index contributed by atoms with van der Waals surface area (Å²) in [5.74, 6) is -0.905. The molecule has 5 heteroatoms. The van der Waals surface area contributed by atoms with E-state index in [2.05, 4.69) is 4.90 Å². The minimum Gasteiger partial charge on any atom is -0.432 e. The Balaban J connectivity index is 1.75. The molecule has 0 spiro atoms. The van der Waals surface area contributed by atoms with E-state index in [1.165, 1.54) is 0 Å². The third kappa shape index (κ3) is 3.94. The minimum atomic E-state index is -0.707. The van der Waals surface area contributed by atoms with Gasteiger partial charge in [0.05, 0.1) is 26.4 Å². The molecule has 2 heterocycles. The van der Waals surface area contributed by atoms with Crippen molar-refractivity contribution >= 4 is 5.97 Å². The predicted molar refractivity (Wildman–Crippen MR) is 61.6 cm³/mol. The van der Waals surface area contributed by atoms with E-state index < -0.39 is 5.79 Å². The summed E-state index contributed by atoms with van der Waals surface area (Å²) >= 11 is 0. The van der Waals surface area contributed by atoms with Gasteiger partial charge in [-0.15, -0.1) is 0 Å². The van der Waals surface area contributed by atoms with Crippen molar-refractivity contribution in [1.82, 2.24) is 4.90 Å². The summed E-state index contributed by atoms with van der Waals surface area (Å²) in [5, 5.41) is 0. The highest BCUT2D eigenvalue weighted by Gasteiger charge is 2.32. The van der Waals surface area contributed by atoms with Crippen LogP contribution in [0, 0.1) is 0 Å². The summed E-state index contributed by atoms with van der Waals surface area (Å²) in [5.41, 5.74) is 0. The molecule has 5 nitrogen and oxygen atoms in total. The number of hydrogen-bond acceptors (Lipinski definition) is 5. The summed E-state index contributed by atoms with van der Waals surface area (Å²) < 4.78 is 16.2. The second kappa shape index (κ2) is 5.80. The van der Waals surface area contributed by atoms with Crippen LogP contribution in [0.25, 0.3) is 0 Å². The summed E-state index contributed by atoms with van der Waals surface area (Å²) in [4.78, 5) is 13.9. The minimum absolute atomic E-state index is 0.198. The number of hydrogen-bond donors (Lipinski definition) is 0. The lowest BCUT2D eigenvalue weighted by molar-refractivity contribution is -0.238. The highest BCUT2D eigenvalue weighted by atomic mass is 16.7. The van der Waals surface area contributed by atoms with Crippen molar-refractivity contribution in [3.05, 3.63) is 0 Å². The van der Waals surface area contributed by atoms with Gasteiger partial charge in [0.1, 0.15) is 0 Å². The summed E-state index contributed by atoms with van der Waals surface area (Å²) in [6.45, 7) is 5.86. The first-order valence-electron chi connectivity index (χ1n) is 6.34. The number of nitrogens with zero attached hydrogens (tertiary/aromatic N) is 1. The molecule has 0 aromatic carbocycles. The average Bonchev–Trinajstić information content (AvgIpc) is 2.30. The predicted octanol–water partition coefficient (Wildman–Crippen LogP) is 0.778. The van der Waals surface area contributed by atoms with E-state index in [1.807, 2.05) is 6.92 Å². The molecular formula is C12H21NO4. The quantitative estimate of drug-likeness (QED) is 0.685. The van der Waals surface area contributed by atoms with Crippen molar-refractivity contribution < 1.29 is 19.0 Å². The zero-order valence-corrected chi connectivity index (χ0v) is 10.4. The maximum Gasteiger partial charge on any atom is 0.322 e. The number of carbonyl (C=O) groups excluding carboxylic acids is 1. The van der Waals surface area contributed by atoms with E-state index in [1.54, 1.807) is 0 Å². The molecule has 2 rings (SSSR count). The maximum absolute atomic E-state index is 11.8. The fraction of sp³-hybridized carbons (Fsp3) is 0.917. The van der Waals surface area contributed by atoms with Crippen LogP contribution in [0.5, 0.6) is 0 Å². The molecular weight excluding hydrogens is 222 g/mol. The first-order chi connectivity index (χ1) is 8.18. The van der Waals surface area contributed by atoms with Crippen LogP contribution in [0.3, 0.4) is 0 Å². The molecule has 0 saturated carbocycles. The molecule has 2 fully saturated rings. The lowest BCUT2D eigenvalue weighted by Crippen LogP contribution is -2.44. The Morgan fingerprint density at radius 1 is 1.29 bits per heavy atom. The molecule has 0 bridgehead atoms. The van der Waals surface area contributed by atoms with E-state index in [0.29, 0.717) is 26.4 Å². The van der Waals surface area contributed by atoms with E-state index in [9.17, 15) is 4.79 Å².